The van der Waals surface area contributed by atoms with E-state index in [-0.39, 0.29) is 54.9 Å². The normalized spacial score (nSPS) is 13.4. The molecule has 13 nitrogen and oxygen atoms in total. The molecule has 0 aliphatic rings. The summed E-state index contributed by atoms with van der Waals surface area (Å²) in [5.74, 6) is -0.0791. The predicted octanol–water partition coefficient (Wildman–Crippen LogP) is 3.50. The molecule has 0 amide bonds. The number of hydrogen-bond donors (Lipinski definition) is 3. The number of benzene rings is 2. The van der Waals surface area contributed by atoms with E-state index in [1.54, 1.807) is 57.4 Å². The quantitative estimate of drug-likeness (QED) is 0.112. The van der Waals surface area contributed by atoms with Gasteiger partial charge in [-0.2, -0.15) is 15.0 Å². The van der Waals surface area contributed by atoms with E-state index >= 15 is 0 Å². The largest absolute Gasteiger partial charge is 0.480 e. The first-order valence-electron chi connectivity index (χ1n) is 12.9. The molecule has 2 unspecified atom stereocenters. The number of ether oxygens (including phenoxy) is 3. The summed E-state index contributed by atoms with van der Waals surface area (Å²) in [6.45, 7) is 4.20. The van der Waals surface area contributed by atoms with Gasteiger partial charge in [0.1, 0.15) is 18.4 Å². The van der Waals surface area contributed by atoms with Crippen LogP contribution in [0.4, 0.5) is 5.82 Å². The van der Waals surface area contributed by atoms with Crippen LogP contribution < -0.4 is 20.1 Å². The van der Waals surface area contributed by atoms with Crippen LogP contribution in [0.2, 0.25) is 0 Å². The Morgan fingerprint density at radius 3 is 2.59 bits per heavy atom. The van der Waals surface area contributed by atoms with E-state index in [2.05, 4.69) is 20.0 Å². The van der Waals surface area contributed by atoms with Gasteiger partial charge >= 0.3 is 19.5 Å². The molecule has 14 heteroatoms. The minimum atomic E-state index is -3.65. The second kappa shape index (κ2) is 13.4. The molecule has 0 bridgehead atoms. The Morgan fingerprint density at radius 2 is 1.85 bits per heavy atom. The van der Waals surface area contributed by atoms with Crippen LogP contribution >= 0.6 is 7.52 Å². The highest BCUT2D eigenvalue weighted by Gasteiger charge is 2.31. The van der Waals surface area contributed by atoms with Crippen molar-refractivity contribution in [2.24, 2.45) is 0 Å². The van der Waals surface area contributed by atoms with Gasteiger partial charge in [0.25, 0.3) is 6.01 Å². The van der Waals surface area contributed by atoms with Crippen LogP contribution in [0, 0.1) is 0 Å². The number of anilines is 1. The lowest BCUT2D eigenvalue weighted by Crippen LogP contribution is -2.34. The van der Waals surface area contributed by atoms with E-state index in [0.717, 1.165) is 5.56 Å². The first-order valence-corrected chi connectivity index (χ1v) is 14.7. The molecule has 0 aliphatic heterocycles. The van der Waals surface area contributed by atoms with E-state index in [1.807, 2.05) is 18.2 Å². The fraction of sp³-hybridized carbons (Fsp3) is 0.333. The second-order valence-corrected chi connectivity index (χ2v) is 11.2. The molecule has 2 aromatic carbocycles. The number of methoxy groups -OCH3 is 1. The number of imidazole rings is 1. The lowest BCUT2D eigenvalue weighted by atomic mass is 10.1. The summed E-state index contributed by atoms with van der Waals surface area (Å²) in [6.07, 6.45) is -0.0251. The zero-order valence-electron chi connectivity index (χ0n) is 23.0. The van der Waals surface area contributed by atoms with Crippen LogP contribution in [0.3, 0.4) is 0 Å². The third kappa shape index (κ3) is 7.72. The average molecular weight is 585 g/mol. The fourth-order valence-corrected chi connectivity index (χ4v) is 6.08. The van der Waals surface area contributed by atoms with Crippen molar-refractivity contribution in [1.29, 1.82) is 0 Å². The maximum atomic E-state index is 14.1. The Kier molecular flexibility index (Phi) is 9.77. The second-order valence-electron chi connectivity index (χ2n) is 9.06. The summed E-state index contributed by atoms with van der Waals surface area (Å²) >= 11 is 0. The molecule has 0 saturated heterocycles. The molecule has 4 aromatic rings. The third-order valence-corrected chi connectivity index (χ3v) is 7.92. The maximum Gasteiger partial charge on any atom is 0.323 e. The number of hydrogen-bond acceptors (Lipinski definition) is 11. The summed E-state index contributed by atoms with van der Waals surface area (Å²) in [5.41, 5.74) is 7.98. The van der Waals surface area contributed by atoms with Crippen molar-refractivity contribution >= 4 is 30.5 Å². The predicted molar refractivity (Wildman–Crippen MR) is 152 cm³/mol. The van der Waals surface area contributed by atoms with Gasteiger partial charge in [0.2, 0.25) is 0 Å². The SMILES string of the molecule is CCOC(=O)C(C)NP(=O)(Cc1cccc(Cn2c(O)nc3c(N)nc(OCCOC)nc32)c1)Oc1ccccc1. The molecule has 218 valence electrons. The molecule has 4 rings (SSSR count). The van der Waals surface area contributed by atoms with Crippen molar-refractivity contribution in [2.75, 3.05) is 32.7 Å². The van der Waals surface area contributed by atoms with Crippen molar-refractivity contribution in [1.82, 2.24) is 24.6 Å². The van der Waals surface area contributed by atoms with Gasteiger partial charge < -0.3 is 29.6 Å². The number of carbonyl (C=O) groups excluding carboxylic acids is 1. The number of rotatable bonds is 14. The smallest absolute Gasteiger partial charge is 0.323 e. The molecule has 0 aliphatic carbocycles. The Hall–Kier alpha value is -4.19. The van der Waals surface area contributed by atoms with Gasteiger partial charge in [-0.1, -0.05) is 42.5 Å². The number of nitrogen functional groups attached to an aromatic ring is 1. The number of esters is 1. The number of carbonyl (C=O) groups is 1. The van der Waals surface area contributed by atoms with Gasteiger partial charge in [0.15, 0.2) is 17.0 Å². The number of fused-ring (bicyclic) bond motifs is 1. The van der Waals surface area contributed by atoms with Gasteiger partial charge in [0, 0.05) is 7.11 Å². The molecular weight excluding hydrogens is 551 g/mol. The van der Waals surface area contributed by atoms with Gasteiger partial charge in [-0.15, -0.1) is 0 Å². The molecule has 2 atom stereocenters. The van der Waals surface area contributed by atoms with E-state index in [0.29, 0.717) is 17.9 Å². The fourth-order valence-electron chi connectivity index (χ4n) is 4.04. The van der Waals surface area contributed by atoms with Gasteiger partial charge in [-0.25, -0.2) is 5.09 Å². The van der Waals surface area contributed by atoms with Crippen LogP contribution in [0.25, 0.3) is 11.2 Å². The molecule has 0 fully saturated rings. The number of aromatic hydroxyl groups is 1. The van der Waals surface area contributed by atoms with E-state index in [1.165, 1.54) is 4.57 Å². The summed E-state index contributed by atoms with van der Waals surface area (Å²) in [4.78, 5) is 24.9. The van der Waals surface area contributed by atoms with Gasteiger partial charge in [-0.3, -0.25) is 13.9 Å². The number of aromatic nitrogens is 4. The summed E-state index contributed by atoms with van der Waals surface area (Å²) in [5, 5.41) is 13.4. The molecule has 0 saturated carbocycles. The van der Waals surface area contributed by atoms with Crippen LogP contribution in [0.5, 0.6) is 17.8 Å². The zero-order chi connectivity index (χ0) is 29.4. The Balaban J connectivity index is 1.60. The third-order valence-electron chi connectivity index (χ3n) is 5.85. The molecule has 2 heterocycles. The maximum absolute atomic E-state index is 14.1. The summed E-state index contributed by atoms with van der Waals surface area (Å²) < 4.78 is 37.0. The van der Waals surface area contributed by atoms with E-state index < -0.39 is 19.5 Å². The highest BCUT2D eigenvalue weighted by molar-refractivity contribution is 7.56. The Morgan fingerprint density at radius 1 is 1.10 bits per heavy atom. The summed E-state index contributed by atoms with van der Waals surface area (Å²) in [7, 11) is -2.10. The molecule has 0 radical (unpaired) electrons. The topological polar surface area (TPSA) is 173 Å². The highest BCUT2D eigenvalue weighted by Crippen LogP contribution is 2.47. The molecule has 0 spiro atoms. The van der Waals surface area contributed by atoms with Crippen LogP contribution in [-0.2, 0) is 31.5 Å². The first kappa shape index (κ1) is 29.8. The highest BCUT2D eigenvalue weighted by atomic mass is 31.2. The number of nitrogens with zero attached hydrogens (tertiary/aromatic N) is 4. The first-order chi connectivity index (χ1) is 19.7. The van der Waals surface area contributed by atoms with Crippen molar-refractivity contribution in [3.63, 3.8) is 0 Å². The van der Waals surface area contributed by atoms with E-state index in [9.17, 15) is 14.5 Å². The minimum absolute atomic E-state index is 0.0251. The number of para-hydroxylation sites is 1. The standard InChI is InChI=1S/C27H33N6O7P/c1-4-38-25(34)18(2)32-41(36,40-21-11-6-5-7-12-21)17-20-10-8-9-19(15-20)16-33-24-22(29-27(33)35)23(28)30-26(31-24)39-14-13-37-3/h5-12,15,18H,4,13-14,16-17H2,1-3H3,(H,29,35)(H,32,36)(H2,28,30,31). The number of nitrogens with two attached hydrogens (primary N) is 1. The van der Waals surface area contributed by atoms with Crippen molar-refractivity contribution < 1.29 is 33.2 Å². The monoisotopic (exact) mass is 584 g/mol. The summed E-state index contributed by atoms with van der Waals surface area (Å²) in [6, 6.07) is 14.8. The van der Waals surface area contributed by atoms with Crippen molar-refractivity contribution in [3.05, 3.63) is 65.7 Å². The van der Waals surface area contributed by atoms with Gasteiger partial charge in [-0.05, 0) is 37.1 Å². The minimum Gasteiger partial charge on any atom is -0.480 e. The van der Waals surface area contributed by atoms with Crippen LogP contribution in [-0.4, -0.2) is 63.6 Å². The van der Waals surface area contributed by atoms with E-state index in [4.69, 9.17) is 24.5 Å². The molecule has 41 heavy (non-hydrogen) atoms. The lowest BCUT2D eigenvalue weighted by molar-refractivity contribution is -0.144. The van der Waals surface area contributed by atoms with Crippen LogP contribution in [0.15, 0.2) is 54.6 Å². The molecule has 2 aromatic heterocycles. The Bertz CT molecular complexity index is 1530. The zero-order valence-corrected chi connectivity index (χ0v) is 23.9. The van der Waals surface area contributed by atoms with Crippen molar-refractivity contribution in [3.8, 4) is 17.8 Å². The van der Waals surface area contributed by atoms with Crippen LogP contribution in [0.1, 0.15) is 25.0 Å². The van der Waals surface area contributed by atoms with Crippen molar-refractivity contribution in [2.45, 2.75) is 32.6 Å². The average Bonchev–Trinajstić information content (AvgIpc) is 3.24. The lowest BCUT2D eigenvalue weighted by Gasteiger charge is -2.24. The molecule has 4 N–H and O–H groups in total. The Labute approximate surface area is 237 Å². The number of nitrogens with one attached hydrogen (secondary N) is 1. The van der Waals surface area contributed by atoms with Gasteiger partial charge in [0.05, 0.1) is 25.9 Å². The molecular formula is C27H33N6O7P.